The number of aryl methyl sites for hydroxylation is 2. The molecule has 0 unspecified atom stereocenters. The molecule has 0 radical (unpaired) electrons. The smallest absolute Gasteiger partial charge is 0.132 e. The zero-order valence-electron chi connectivity index (χ0n) is 10.8. The monoisotopic (exact) mass is 263 g/mol. The Kier molecular flexibility index (Phi) is 3.69. The molecule has 2 rings (SSSR count). The first kappa shape index (κ1) is 13.3. The van der Waals surface area contributed by atoms with E-state index in [-0.39, 0.29) is 6.61 Å². The molecule has 0 saturated carbocycles. The number of hydrogen-bond acceptors (Lipinski definition) is 2. The fourth-order valence-corrected chi connectivity index (χ4v) is 1.80. The van der Waals surface area contributed by atoms with Crippen molar-refractivity contribution in [2.45, 2.75) is 20.5 Å². The molecule has 2 nitrogen and oxygen atoms in total. The first-order valence-electron chi connectivity index (χ1n) is 5.91. The van der Waals surface area contributed by atoms with Gasteiger partial charge in [0.05, 0.1) is 0 Å². The average molecular weight is 263 g/mol. The van der Waals surface area contributed by atoms with Crippen molar-refractivity contribution in [3.05, 3.63) is 58.7 Å². The predicted octanol–water partition coefficient (Wildman–Crippen LogP) is 3.74. The van der Waals surface area contributed by atoms with Gasteiger partial charge in [0.1, 0.15) is 24.0 Å². The van der Waals surface area contributed by atoms with Crippen LogP contribution in [0.25, 0.3) is 0 Å². The summed E-state index contributed by atoms with van der Waals surface area (Å²) in [5, 5.41) is 0. The van der Waals surface area contributed by atoms with Crippen LogP contribution in [0.3, 0.4) is 0 Å². The number of rotatable bonds is 3. The third kappa shape index (κ3) is 3.02. The van der Waals surface area contributed by atoms with Gasteiger partial charge >= 0.3 is 0 Å². The Morgan fingerprint density at radius 2 is 1.79 bits per heavy atom. The molecule has 4 heteroatoms. The molecule has 0 spiro atoms. The zero-order chi connectivity index (χ0) is 14.0. The van der Waals surface area contributed by atoms with Gasteiger partial charge in [-0.1, -0.05) is 6.07 Å². The second kappa shape index (κ2) is 5.26. The molecular weight excluding hydrogens is 248 g/mol. The van der Waals surface area contributed by atoms with E-state index in [9.17, 15) is 8.78 Å². The maximum Gasteiger partial charge on any atom is 0.132 e. The maximum atomic E-state index is 13.5. The summed E-state index contributed by atoms with van der Waals surface area (Å²) in [6, 6.07) is 7.04. The summed E-state index contributed by atoms with van der Waals surface area (Å²) in [5.41, 5.74) is 8.63. The van der Waals surface area contributed by atoms with E-state index < -0.39 is 11.6 Å². The van der Waals surface area contributed by atoms with E-state index in [1.807, 2.05) is 19.9 Å². The summed E-state index contributed by atoms with van der Waals surface area (Å²) in [6.45, 7) is 3.84. The van der Waals surface area contributed by atoms with Crippen LogP contribution in [0.5, 0.6) is 5.75 Å². The minimum absolute atomic E-state index is 0.0372. The van der Waals surface area contributed by atoms with Crippen molar-refractivity contribution in [1.29, 1.82) is 0 Å². The van der Waals surface area contributed by atoms with Crippen molar-refractivity contribution in [2.75, 3.05) is 5.73 Å². The molecule has 0 atom stereocenters. The summed E-state index contributed by atoms with van der Waals surface area (Å²) >= 11 is 0. The van der Waals surface area contributed by atoms with Gasteiger partial charge in [0.25, 0.3) is 0 Å². The number of ether oxygens (including phenoxy) is 1. The molecule has 0 saturated heterocycles. The Balaban J connectivity index is 2.16. The van der Waals surface area contributed by atoms with Gasteiger partial charge in [0.15, 0.2) is 0 Å². The molecule has 0 bridgehead atoms. The van der Waals surface area contributed by atoms with Crippen LogP contribution in [0.2, 0.25) is 0 Å². The highest BCUT2D eigenvalue weighted by Gasteiger charge is 2.07. The number of halogens is 2. The van der Waals surface area contributed by atoms with Crippen LogP contribution >= 0.6 is 0 Å². The fourth-order valence-electron chi connectivity index (χ4n) is 1.80. The normalized spacial score (nSPS) is 10.5. The molecule has 19 heavy (non-hydrogen) atoms. The lowest BCUT2D eigenvalue weighted by atomic mass is 10.1. The fraction of sp³-hybridized carbons (Fsp3) is 0.200. The van der Waals surface area contributed by atoms with Gasteiger partial charge in [0.2, 0.25) is 0 Å². The Bertz CT molecular complexity index is 611. The summed E-state index contributed by atoms with van der Waals surface area (Å²) < 4.78 is 31.8. The summed E-state index contributed by atoms with van der Waals surface area (Å²) in [7, 11) is 0. The molecule has 0 aliphatic heterocycles. The molecule has 2 aromatic rings. The van der Waals surface area contributed by atoms with Gasteiger partial charge in [-0.25, -0.2) is 8.78 Å². The summed E-state index contributed by atoms with van der Waals surface area (Å²) in [6.07, 6.45) is 0. The number of anilines is 1. The highest BCUT2D eigenvalue weighted by molar-refractivity contribution is 5.54. The van der Waals surface area contributed by atoms with E-state index in [2.05, 4.69) is 0 Å². The lowest BCUT2D eigenvalue weighted by Crippen LogP contribution is -2.01. The molecule has 0 heterocycles. The molecule has 0 aromatic heterocycles. The van der Waals surface area contributed by atoms with Crippen LogP contribution in [-0.4, -0.2) is 0 Å². The SMILES string of the molecule is Cc1cc(C)c(OCc2ccc(F)cc2F)cc1N. The maximum absolute atomic E-state index is 13.5. The standard InChI is InChI=1S/C15H15F2NO/c1-9-5-10(2)15(7-14(9)18)19-8-11-3-4-12(16)6-13(11)17/h3-7H,8,18H2,1-2H3. The second-order valence-electron chi connectivity index (χ2n) is 4.50. The van der Waals surface area contributed by atoms with Crippen LogP contribution in [0.1, 0.15) is 16.7 Å². The molecule has 2 N–H and O–H groups in total. The third-order valence-corrected chi connectivity index (χ3v) is 2.96. The predicted molar refractivity (Wildman–Crippen MR) is 71.0 cm³/mol. The van der Waals surface area contributed by atoms with Gasteiger partial charge < -0.3 is 10.5 Å². The summed E-state index contributed by atoms with van der Waals surface area (Å²) in [5.74, 6) is -0.610. The molecule has 100 valence electrons. The third-order valence-electron chi connectivity index (χ3n) is 2.96. The number of nitrogen functional groups attached to an aromatic ring is 1. The Morgan fingerprint density at radius 1 is 1.05 bits per heavy atom. The number of hydrogen-bond donors (Lipinski definition) is 1. The Morgan fingerprint density at radius 3 is 2.47 bits per heavy atom. The Hall–Kier alpha value is -2.10. The van der Waals surface area contributed by atoms with Gasteiger partial charge in [-0.05, 0) is 37.1 Å². The van der Waals surface area contributed by atoms with Gasteiger partial charge in [0, 0.05) is 23.4 Å². The molecule has 0 aliphatic rings. The van der Waals surface area contributed by atoms with Crippen molar-refractivity contribution in [3.63, 3.8) is 0 Å². The molecule has 2 aromatic carbocycles. The Labute approximate surface area is 110 Å². The first-order valence-corrected chi connectivity index (χ1v) is 5.91. The van der Waals surface area contributed by atoms with E-state index in [1.54, 1.807) is 6.07 Å². The topological polar surface area (TPSA) is 35.2 Å². The van der Waals surface area contributed by atoms with Crippen LogP contribution in [0.4, 0.5) is 14.5 Å². The van der Waals surface area contributed by atoms with Gasteiger partial charge in [-0.3, -0.25) is 0 Å². The second-order valence-corrected chi connectivity index (χ2v) is 4.50. The quantitative estimate of drug-likeness (QED) is 0.856. The van der Waals surface area contributed by atoms with Crippen molar-refractivity contribution >= 4 is 5.69 Å². The van der Waals surface area contributed by atoms with E-state index in [0.717, 1.165) is 17.2 Å². The molecule has 0 fully saturated rings. The molecule has 0 aliphatic carbocycles. The average Bonchev–Trinajstić information content (AvgIpc) is 2.34. The van der Waals surface area contributed by atoms with Gasteiger partial charge in [-0.15, -0.1) is 0 Å². The minimum Gasteiger partial charge on any atom is -0.488 e. The lowest BCUT2D eigenvalue weighted by Gasteiger charge is -2.12. The minimum atomic E-state index is -0.613. The van der Waals surface area contributed by atoms with Crippen LogP contribution in [0.15, 0.2) is 30.3 Å². The van der Waals surface area contributed by atoms with E-state index in [0.29, 0.717) is 17.0 Å². The van der Waals surface area contributed by atoms with E-state index >= 15 is 0 Å². The first-order chi connectivity index (χ1) is 8.97. The lowest BCUT2D eigenvalue weighted by molar-refractivity contribution is 0.297. The summed E-state index contributed by atoms with van der Waals surface area (Å²) in [4.78, 5) is 0. The van der Waals surface area contributed by atoms with Crippen molar-refractivity contribution < 1.29 is 13.5 Å². The highest BCUT2D eigenvalue weighted by atomic mass is 19.1. The molecular formula is C15H15F2NO. The van der Waals surface area contributed by atoms with Crippen LogP contribution in [-0.2, 0) is 6.61 Å². The van der Waals surface area contributed by atoms with Crippen molar-refractivity contribution in [2.24, 2.45) is 0 Å². The molecule has 0 amide bonds. The zero-order valence-corrected chi connectivity index (χ0v) is 10.8. The van der Waals surface area contributed by atoms with E-state index in [4.69, 9.17) is 10.5 Å². The number of benzene rings is 2. The van der Waals surface area contributed by atoms with E-state index in [1.165, 1.54) is 12.1 Å². The highest BCUT2D eigenvalue weighted by Crippen LogP contribution is 2.25. The van der Waals surface area contributed by atoms with Crippen molar-refractivity contribution in [1.82, 2.24) is 0 Å². The number of nitrogens with two attached hydrogens (primary N) is 1. The van der Waals surface area contributed by atoms with Crippen LogP contribution in [0, 0.1) is 25.5 Å². The van der Waals surface area contributed by atoms with Gasteiger partial charge in [-0.2, -0.15) is 0 Å². The van der Waals surface area contributed by atoms with Crippen LogP contribution < -0.4 is 10.5 Å². The van der Waals surface area contributed by atoms with Crippen molar-refractivity contribution in [3.8, 4) is 5.75 Å². The largest absolute Gasteiger partial charge is 0.488 e.